The summed E-state index contributed by atoms with van der Waals surface area (Å²) in [6, 6.07) is 6.24. The van der Waals surface area contributed by atoms with E-state index >= 15 is 4.39 Å². The first-order valence-corrected chi connectivity index (χ1v) is 15.7. The van der Waals surface area contributed by atoms with Gasteiger partial charge in [0.15, 0.2) is 0 Å². The van der Waals surface area contributed by atoms with E-state index in [0.29, 0.717) is 19.3 Å². The summed E-state index contributed by atoms with van der Waals surface area (Å²) in [5, 5.41) is 4.58. The number of amides is 1. The number of hydrogen-bond donors (Lipinski definition) is 2. The summed E-state index contributed by atoms with van der Waals surface area (Å²) in [6.45, 7) is 5.47. The Labute approximate surface area is 243 Å². The minimum atomic E-state index is -4.15. The first-order valence-electron chi connectivity index (χ1n) is 13.3. The highest BCUT2D eigenvalue weighted by Crippen LogP contribution is 2.53. The maximum atomic E-state index is 15.8. The fourth-order valence-corrected chi connectivity index (χ4v) is 8.62. The van der Waals surface area contributed by atoms with Crippen LogP contribution in [0.5, 0.6) is 0 Å². The van der Waals surface area contributed by atoms with Gasteiger partial charge in [-0.15, -0.1) is 11.3 Å². The number of nitrogens with one attached hydrogen (secondary N) is 1. The van der Waals surface area contributed by atoms with Crippen molar-refractivity contribution in [2.75, 3.05) is 12.4 Å². The molecule has 0 spiro atoms. The summed E-state index contributed by atoms with van der Waals surface area (Å²) >= 11 is 1.47. The van der Waals surface area contributed by atoms with Gasteiger partial charge in [0.1, 0.15) is 27.6 Å². The standard InChI is InChI=1S/C28H34F2N6O3S2/c1-5-11-28(14-18(6-2)12-21-16-40-17-33-21)27(3,35-26(31)36(4)41(28,38)39)22-13-20(8-9-23(22)30)34-25(37)24-10-7-19(29)15-32-24/h7-10,13,15-18H,5-6,11-12,14H2,1-4H3,(H2,31,35)(H,34,37). The second-order valence-corrected chi connectivity index (χ2v) is 13.4. The predicted molar refractivity (Wildman–Crippen MR) is 156 cm³/mol. The zero-order chi connectivity index (χ0) is 30.0. The van der Waals surface area contributed by atoms with Crippen LogP contribution in [0.15, 0.2) is 52.4 Å². The average molecular weight is 605 g/mol. The number of aliphatic imine (C=N–C) groups is 1. The third kappa shape index (κ3) is 5.56. The van der Waals surface area contributed by atoms with Crippen LogP contribution in [0.1, 0.15) is 68.2 Å². The number of guanidine groups is 1. The molecule has 4 rings (SSSR count). The van der Waals surface area contributed by atoms with Gasteiger partial charge in [0.05, 0.1) is 17.4 Å². The van der Waals surface area contributed by atoms with Crippen LogP contribution in [0.4, 0.5) is 14.5 Å². The van der Waals surface area contributed by atoms with Gasteiger partial charge in [-0.3, -0.25) is 4.79 Å². The lowest BCUT2D eigenvalue weighted by Gasteiger charge is -2.52. The molecule has 13 heteroatoms. The molecule has 41 heavy (non-hydrogen) atoms. The van der Waals surface area contributed by atoms with Gasteiger partial charge in [0.2, 0.25) is 16.0 Å². The number of halogens is 2. The molecule has 3 unspecified atom stereocenters. The molecule has 0 saturated heterocycles. The van der Waals surface area contributed by atoms with Crippen molar-refractivity contribution in [1.82, 2.24) is 14.3 Å². The predicted octanol–water partition coefficient (Wildman–Crippen LogP) is 5.07. The molecule has 1 aliphatic heterocycles. The molecule has 220 valence electrons. The van der Waals surface area contributed by atoms with E-state index in [1.54, 1.807) is 12.4 Å². The monoisotopic (exact) mass is 604 g/mol. The third-order valence-corrected chi connectivity index (χ3v) is 11.2. The van der Waals surface area contributed by atoms with Gasteiger partial charge in [0.25, 0.3) is 5.91 Å². The van der Waals surface area contributed by atoms with E-state index in [9.17, 15) is 17.6 Å². The van der Waals surface area contributed by atoms with E-state index in [1.807, 2.05) is 19.2 Å². The first-order chi connectivity index (χ1) is 19.4. The van der Waals surface area contributed by atoms with Crippen molar-refractivity contribution < 1.29 is 22.0 Å². The zero-order valence-corrected chi connectivity index (χ0v) is 25.0. The van der Waals surface area contributed by atoms with Crippen molar-refractivity contribution in [3.05, 3.63) is 76.0 Å². The SMILES string of the molecule is CCCC1(CC(CC)Cc2cscn2)C(C)(c2cc(NC(=O)c3ccc(F)cn3)ccc2F)N=C(N)N(C)S1(=O)=O. The lowest BCUT2D eigenvalue weighted by molar-refractivity contribution is 0.102. The molecule has 0 saturated carbocycles. The normalized spacial score (nSPS) is 22.7. The van der Waals surface area contributed by atoms with Crippen LogP contribution in [-0.2, 0) is 22.0 Å². The van der Waals surface area contributed by atoms with Crippen molar-refractivity contribution in [2.24, 2.45) is 16.6 Å². The van der Waals surface area contributed by atoms with Crippen LogP contribution < -0.4 is 11.1 Å². The number of benzene rings is 1. The topological polar surface area (TPSA) is 131 Å². The maximum Gasteiger partial charge on any atom is 0.274 e. The number of rotatable bonds is 10. The van der Waals surface area contributed by atoms with Crippen LogP contribution in [0, 0.1) is 17.6 Å². The number of nitrogens with two attached hydrogens (primary N) is 1. The van der Waals surface area contributed by atoms with Gasteiger partial charge in [-0.25, -0.2) is 36.5 Å². The summed E-state index contributed by atoms with van der Waals surface area (Å²) in [5.74, 6) is -2.27. The fraction of sp³-hybridized carbons (Fsp3) is 0.429. The number of thiazole rings is 1. The lowest BCUT2D eigenvalue weighted by Crippen LogP contribution is -2.65. The Morgan fingerprint density at radius 2 is 1.95 bits per heavy atom. The van der Waals surface area contributed by atoms with Gasteiger partial charge >= 0.3 is 0 Å². The number of carbonyl (C=O) groups is 1. The van der Waals surface area contributed by atoms with Gasteiger partial charge in [-0.2, -0.15) is 0 Å². The van der Waals surface area contributed by atoms with Crippen LogP contribution in [-0.4, -0.2) is 46.4 Å². The van der Waals surface area contributed by atoms with Crippen molar-refractivity contribution in [3.8, 4) is 0 Å². The molecule has 0 bridgehead atoms. The summed E-state index contributed by atoms with van der Waals surface area (Å²) in [7, 11) is -2.79. The van der Waals surface area contributed by atoms with E-state index in [0.717, 1.165) is 28.3 Å². The van der Waals surface area contributed by atoms with Crippen molar-refractivity contribution in [1.29, 1.82) is 0 Å². The number of anilines is 1. The Hall–Kier alpha value is -3.45. The summed E-state index contributed by atoms with van der Waals surface area (Å²) in [6.07, 6.45) is 3.01. The van der Waals surface area contributed by atoms with Crippen LogP contribution >= 0.6 is 11.3 Å². The summed E-state index contributed by atoms with van der Waals surface area (Å²) in [5.41, 5.74) is 7.27. The average Bonchev–Trinajstić information content (AvgIpc) is 3.45. The molecule has 1 aromatic carbocycles. The molecular weight excluding hydrogens is 570 g/mol. The van der Waals surface area contributed by atoms with Crippen molar-refractivity contribution in [2.45, 2.75) is 63.2 Å². The smallest absolute Gasteiger partial charge is 0.274 e. The number of nitrogens with zero attached hydrogens (tertiary/aromatic N) is 4. The van der Waals surface area contributed by atoms with Crippen LogP contribution in [0.25, 0.3) is 0 Å². The molecule has 9 nitrogen and oxygen atoms in total. The molecule has 1 amide bonds. The molecule has 2 aromatic heterocycles. The molecular formula is C28H34F2N6O3S2. The molecule has 0 fully saturated rings. The molecule has 1 aliphatic rings. The van der Waals surface area contributed by atoms with Crippen LogP contribution in [0.2, 0.25) is 0 Å². The molecule has 3 heterocycles. The summed E-state index contributed by atoms with van der Waals surface area (Å²) in [4.78, 5) is 25.7. The Kier molecular flexibility index (Phi) is 8.78. The number of pyridine rings is 1. The number of sulfonamides is 1. The molecule has 0 aliphatic carbocycles. The van der Waals surface area contributed by atoms with Crippen molar-refractivity contribution >= 4 is 38.9 Å². The highest BCUT2D eigenvalue weighted by molar-refractivity contribution is 7.91. The molecule has 0 radical (unpaired) electrons. The van der Waals surface area contributed by atoms with E-state index in [4.69, 9.17) is 5.73 Å². The minimum absolute atomic E-state index is 0.0149. The van der Waals surface area contributed by atoms with Crippen molar-refractivity contribution in [3.63, 3.8) is 0 Å². The molecule has 3 aromatic rings. The van der Waals surface area contributed by atoms with E-state index in [-0.39, 0.29) is 41.7 Å². The second-order valence-electron chi connectivity index (χ2n) is 10.4. The quantitative estimate of drug-likeness (QED) is 0.332. The lowest BCUT2D eigenvalue weighted by atomic mass is 9.71. The van der Waals surface area contributed by atoms with E-state index < -0.39 is 37.9 Å². The molecule has 3 atom stereocenters. The third-order valence-electron chi connectivity index (χ3n) is 7.94. The number of hydrogen-bond acceptors (Lipinski definition) is 8. The highest BCUT2D eigenvalue weighted by Gasteiger charge is 2.63. The maximum absolute atomic E-state index is 15.8. The fourth-order valence-electron chi connectivity index (χ4n) is 5.67. The van der Waals surface area contributed by atoms with Gasteiger partial charge in [-0.05, 0) is 62.4 Å². The Morgan fingerprint density at radius 1 is 1.20 bits per heavy atom. The van der Waals surface area contributed by atoms with E-state index in [1.165, 1.54) is 36.6 Å². The number of aromatic nitrogens is 2. The van der Waals surface area contributed by atoms with Crippen LogP contribution in [0.3, 0.4) is 0 Å². The Bertz CT molecular complexity index is 1530. The zero-order valence-electron chi connectivity index (χ0n) is 23.4. The number of carbonyl (C=O) groups excluding carboxylic acids is 1. The minimum Gasteiger partial charge on any atom is -0.369 e. The highest BCUT2D eigenvalue weighted by atomic mass is 32.2. The van der Waals surface area contributed by atoms with Gasteiger partial charge in [0, 0.05) is 23.7 Å². The van der Waals surface area contributed by atoms with Gasteiger partial charge < -0.3 is 11.1 Å². The van der Waals surface area contributed by atoms with E-state index in [2.05, 4.69) is 20.3 Å². The Morgan fingerprint density at radius 3 is 2.56 bits per heavy atom. The largest absolute Gasteiger partial charge is 0.369 e. The molecule has 3 N–H and O–H groups in total. The first kappa shape index (κ1) is 30.5. The summed E-state index contributed by atoms with van der Waals surface area (Å²) < 4.78 is 57.3. The Balaban J connectivity index is 1.85. The van der Waals surface area contributed by atoms with Gasteiger partial charge in [-0.1, -0.05) is 26.7 Å². The second kappa shape index (κ2) is 11.8.